The fourth-order valence-corrected chi connectivity index (χ4v) is 1.41. The second-order valence-corrected chi connectivity index (χ2v) is 4.37. The van der Waals surface area contributed by atoms with Crippen molar-refractivity contribution in [3.05, 3.63) is 29.8 Å². The standard InChI is InChI=1S/C13H19F2NO/c1-10(2)7-16-8-11-4-3-5-12(6-11)17-9-13(14)15/h3-6,10,13,16H,7-9H2,1-2H3. The third-order valence-corrected chi connectivity index (χ3v) is 2.16. The summed E-state index contributed by atoms with van der Waals surface area (Å²) in [7, 11) is 0. The van der Waals surface area contributed by atoms with E-state index in [4.69, 9.17) is 4.74 Å². The second-order valence-electron chi connectivity index (χ2n) is 4.37. The van der Waals surface area contributed by atoms with Crippen molar-refractivity contribution >= 4 is 0 Å². The van der Waals surface area contributed by atoms with E-state index in [9.17, 15) is 8.78 Å². The minimum atomic E-state index is -2.43. The van der Waals surface area contributed by atoms with E-state index >= 15 is 0 Å². The molecule has 4 heteroatoms. The molecule has 0 aliphatic carbocycles. The smallest absolute Gasteiger partial charge is 0.272 e. The van der Waals surface area contributed by atoms with Gasteiger partial charge in [0.1, 0.15) is 12.4 Å². The van der Waals surface area contributed by atoms with Crippen molar-refractivity contribution in [3.8, 4) is 5.75 Å². The molecule has 0 saturated heterocycles. The van der Waals surface area contributed by atoms with Crippen LogP contribution in [0.3, 0.4) is 0 Å². The first-order valence-electron chi connectivity index (χ1n) is 5.78. The normalized spacial score (nSPS) is 11.2. The largest absolute Gasteiger partial charge is 0.488 e. The number of halogens is 2. The second kappa shape index (κ2) is 7.22. The lowest BCUT2D eigenvalue weighted by Gasteiger charge is -2.09. The van der Waals surface area contributed by atoms with Crippen molar-refractivity contribution in [2.75, 3.05) is 13.2 Å². The quantitative estimate of drug-likeness (QED) is 0.794. The number of ether oxygens (including phenoxy) is 1. The van der Waals surface area contributed by atoms with Gasteiger partial charge in [-0.15, -0.1) is 0 Å². The van der Waals surface area contributed by atoms with E-state index < -0.39 is 13.0 Å². The molecule has 1 aromatic rings. The van der Waals surface area contributed by atoms with Gasteiger partial charge in [-0.3, -0.25) is 0 Å². The van der Waals surface area contributed by atoms with E-state index in [-0.39, 0.29) is 0 Å². The summed E-state index contributed by atoms with van der Waals surface area (Å²) in [5, 5.41) is 3.29. The van der Waals surface area contributed by atoms with Crippen LogP contribution in [-0.2, 0) is 6.54 Å². The predicted octanol–water partition coefficient (Wildman–Crippen LogP) is 3.08. The molecule has 2 nitrogen and oxygen atoms in total. The summed E-state index contributed by atoms with van der Waals surface area (Å²) < 4.78 is 28.9. The van der Waals surface area contributed by atoms with Crippen LogP contribution in [0.15, 0.2) is 24.3 Å². The predicted molar refractivity (Wildman–Crippen MR) is 64.5 cm³/mol. The number of benzene rings is 1. The van der Waals surface area contributed by atoms with E-state index in [2.05, 4.69) is 19.2 Å². The Hall–Kier alpha value is -1.16. The Morgan fingerprint density at radius 1 is 1.29 bits per heavy atom. The summed E-state index contributed by atoms with van der Waals surface area (Å²) in [4.78, 5) is 0. The van der Waals surface area contributed by atoms with Gasteiger partial charge in [0.2, 0.25) is 0 Å². The third kappa shape index (κ3) is 6.22. The first kappa shape index (κ1) is 13.9. The molecule has 1 aromatic carbocycles. The van der Waals surface area contributed by atoms with Gasteiger partial charge in [0.15, 0.2) is 0 Å². The fourth-order valence-electron chi connectivity index (χ4n) is 1.41. The van der Waals surface area contributed by atoms with Crippen LogP contribution < -0.4 is 10.1 Å². The van der Waals surface area contributed by atoms with Crippen molar-refractivity contribution in [2.24, 2.45) is 5.92 Å². The lowest BCUT2D eigenvalue weighted by atomic mass is 10.2. The van der Waals surface area contributed by atoms with Crippen molar-refractivity contribution in [1.82, 2.24) is 5.32 Å². The van der Waals surface area contributed by atoms with Gasteiger partial charge < -0.3 is 10.1 Å². The molecule has 0 amide bonds. The zero-order chi connectivity index (χ0) is 12.7. The van der Waals surface area contributed by atoms with Gasteiger partial charge in [-0.2, -0.15) is 0 Å². The molecule has 0 fully saturated rings. The molecular formula is C13H19F2NO. The van der Waals surface area contributed by atoms with Crippen molar-refractivity contribution < 1.29 is 13.5 Å². The van der Waals surface area contributed by atoms with Crippen molar-refractivity contribution in [2.45, 2.75) is 26.8 Å². The van der Waals surface area contributed by atoms with Gasteiger partial charge in [0.25, 0.3) is 6.43 Å². The van der Waals surface area contributed by atoms with E-state index in [1.54, 1.807) is 12.1 Å². The highest BCUT2D eigenvalue weighted by atomic mass is 19.3. The number of rotatable bonds is 7. The molecule has 0 saturated carbocycles. The summed E-state index contributed by atoms with van der Waals surface area (Å²) in [5.74, 6) is 1.09. The lowest BCUT2D eigenvalue weighted by Crippen LogP contribution is -2.18. The highest BCUT2D eigenvalue weighted by Gasteiger charge is 2.04. The Bertz CT molecular complexity index is 329. The minimum absolute atomic E-state index is 0.495. The Morgan fingerprint density at radius 2 is 2.06 bits per heavy atom. The molecule has 17 heavy (non-hydrogen) atoms. The van der Waals surface area contributed by atoms with E-state index in [1.807, 2.05) is 12.1 Å². The third-order valence-electron chi connectivity index (χ3n) is 2.16. The summed E-state index contributed by atoms with van der Waals surface area (Å²) >= 11 is 0. The average molecular weight is 243 g/mol. The van der Waals surface area contributed by atoms with Gasteiger partial charge in [-0.1, -0.05) is 26.0 Å². The van der Waals surface area contributed by atoms with Gasteiger partial charge in [0.05, 0.1) is 0 Å². The molecule has 0 spiro atoms. The highest BCUT2D eigenvalue weighted by molar-refractivity contribution is 5.28. The van der Waals surface area contributed by atoms with Crippen LogP contribution in [0, 0.1) is 5.92 Å². The maximum atomic E-state index is 12.0. The maximum Gasteiger partial charge on any atom is 0.272 e. The molecule has 0 radical (unpaired) electrons. The van der Waals surface area contributed by atoms with E-state index in [1.165, 1.54) is 0 Å². The molecule has 1 rings (SSSR count). The number of hydrogen-bond acceptors (Lipinski definition) is 2. The molecule has 0 aliphatic rings. The van der Waals surface area contributed by atoms with Crippen LogP contribution in [0.1, 0.15) is 19.4 Å². The maximum absolute atomic E-state index is 12.0. The molecule has 0 bridgehead atoms. The van der Waals surface area contributed by atoms with Crippen LogP contribution in [0.5, 0.6) is 5.75 Å². The fraction of sp³-hybridized carbons (Fsp3) is 0.538. The molecule has 96 valence electrons. The molecule has 0 atom stereocenters. The number of hydrogen-bond donors (Lipinski definition) is 1. The van der Waals surface area contributed by atoms with Gasteiger partial charge >= 0.3 is 0 Å². The molecule has 0 aromatic heterocycles. The first-order chi connectivity index (χ1) is 8.08. The topological polar surface area (TPSA) is 21.3 Å². The van der Waals surface area contributed by atoms with Gasteiger partial charge in [0, 0.05) is 6.54 Å². The Kier molecular flexibility index (Phi) is 5.91. The molecule has 0 unspecified atom stereocenters. The van der Waals surface area contributed by atoms with Crippen LogP contribution in [0.25, 0.3) is 0 Å². The van der Waals surface area contributed by atoms with E-state index in [0.29, 0.717) is 11.7 Å². The van der Waals surface area contributed by atoms with Crippen molar-refractivity contribution in [1.29, 1.82) is 0 Å². The summed E-state index contributed by atoms with van der Waals surface area (Å²) in [5.41, 5.74) is 1.04. The zero-order valence-electron chi connectivity index (χ0n) is 10.2. The summed E-state index contributed by atoms with van der Waals surface area (Å²) in [6, 6.07) is 7.24. The van der Waals surface area contributed by atoms with Crippen LogP contribution in [0.4, 0.5) is 8.78 Å². The van der Waals surface area contributed by atoms with Crippen LogP contribution in [-0.4, -0.2) is 19.6 Å². The molecule has 0 heterocycles. The molecule has 0 aliphatic heterocycles. The lowest BCUT2D eigenvalue weighted by molar-refractivity contribution is 0.0818. The number of alkyl halides is 2. The zero-order valence-corrected chi connectivity index (χ0v) is 10.2. The summed E-state index contributed by atoms with van der Waals surface area (Å²) in [6.45, 7) is 5.37. The minimum Gasteiger partial charge on any atom is -0.488 e. The van der Waals surface area contributed by atoms with Gasteiger partial charge in [-0.25, -0.2) is 8.78 Å². The SMILES string of the molecule is CC(C)CNCc1cccc(OCC(F)F)c1. The average Bonchev–Trinajstić information content (AvgIpc) is 2.26. The number of nitrogens with one attached hydrogen (secondary N) is 1. The Morgan fingerprint density at radius 3 is 2.71 bits per heavy atom. The van der Waals surface area contributed by atoms with Crippen LogP contribution in [0.2, 0.25) is 0 Å². The van der Waals surface area contributed by atoms with Crippen LogP contribution >= 0.6 is 0 Å². The highest BCUT2D eigenvalue weighted by Crippen LogP contribution is 2.14. The van der Waals surface area contributed by atoms with Gasteiger partial charge in [-0.05, 0) is 30.2 Å². The summed E-state index contributed by atoms with van der Waals surface area (Å²) in [6.07, 6.45) is -2.43. The van der Waals surface area contributed by atoms with Crippen molar-refractivity contribution in [3.63, 3.8) is 0 Å². The Labute approximate surface area is 101 Å². The molecule has 1 N–H and O–H groups in total. The monoisotopic (exact) mass is 243 g/mol. The Balaban J connectivity index is 2.42. The van der Waals surface area contributed by atoms with E-state index in [0.717, 1.165) is 18.7 Å². The first-order valence-corrected chi connectivity index (χ1v) is 5.78. The molecular weight excluding hydrogens is 224 g/mol.